The highest BCUT2D eigenvalue weighted by Gasteiger charge is 2.22. The van der Waals surface area contributed by atoms with Crippen LogP contribution in [0.2, 0.25) is 0 Å². The van der Waals surface area contributed by atoms with Gasteiger partial charge >= 0.3 is 0 Å². The van der Waals surface area contributed by atoms with Crippen LogP contribution in [-0.4, -0.2) is 49.7 Å². The molecule has 0 aromatic carbocycles. The van der Waals surface area contributed by atoms with Gasteiger partial charge in [0.15, 0.2) is 0 Å². The molecule has 134 valence electrons. The van der Waals surface area contributed by atoms with Crippen LogP contribution in [0.4, 0.5) is 5.82 Å². The van der Waals surface area contributed by atoms with E-state index in [2.05, 4.69) is 20.4 Å². The zero-order valence-electron chi connectivity index (χ0n) is 15.2. The van der Waals surface area contributed by atoms with Crippen molar-refractivity contribution in [2.45, 2.75) is 52.6 Å². The third kappa shape index (κ3) is 4.15. The number of hydrogen-bond donors (Lipinski definition) is 1. The Balaban J connectivity index is 1.74. The van der Waals surface area contributed by atoms with Gasteiger partial charge in [-0.3, -0.25) is 9.48 Å². The average molecular weight is 342 g/mol. The molecule has 0 radical (unpaired) electrons. The van der Waals surface area contributed by atoms with E-state index in [1.54, 1.807) is 0 Å². The minimum atomic E-state index is -0.312. The van der Waals surface area contributed by atoms with Gasteiger partial charge in [-0.25, -0.2) is 9.97 Å². The molecule has 1 amide bonds. The van der Waals surface area contributed by atoms with E-state index in [4.69, 9.17) is 0 Å². The third-order valence-corrected chi connectivity index (χ3v) is 4.47. The van der Waals surface area contributed by atoms with E-state index in [1.807, 2.05) is 48.7 Å². The maximum atomic E-state index is 12.6. The maximum absolute atomic E-state index is 12.6. The van der Waals surface area contributed by atoms with Crippen molar-refractivity contribution < 1.29 is 4.79 Å². The molecule has 1 N–H and O–H groups in total. The van der Waals surface area contributed by atoms with Gasteiger partial charge in [0.2, 0.25) is 5.91 Å². The highest BCUT2D eigenvalue weighted by Crippen LogP contribution is 2.19. The molecule has 1 atom stereocenters. The first-order chi connectivity index (χ1) is 12.1. The summed E-state index contributed by atoms with van der Waals surface area (Å²) in [6, 6.07) is 3.49. The first kappa shape index (κ1) is 17.4. The van der Waals surface area contributed by atoms with Gasteiger partial charge in [-0.15, -0.1) is 0 Å². The second kappa shape index (κ2) is 7.63. The normalized spacial score (nSPS) is 15.9. The number of aromatic nitrogens is 4. The molecule has 0 bridgehead atoms. The van der Waals surface area contributed by atoms with E-state index in [0.29, 0.717) is 11.6 Å². The minimum Gasteiger partial charge on any atom is -0.358 e. The number of nitrogens with zero attached hydrogens (tertiary/aromatic N) is 5. The predicted octanol–water partition coefficient (Wildman–Crippen LogP) is 2.48. The summed E-state index contributed by atoms with van der Waals surface area (Å²) in [6.07, 6.45) is 5.33. The van der Waals surface area contributed by atoms with Crippen LogP contribution in [0.3, 0.4) is 0 Å². The summed E-state index contributed by atoms with van der Waals surface area (Å²) in [5.74, 6) is 1.45. The van der Waals surface area contributed by atoms with E-state index >= 15 is 0 Å². The van der Waals surface area contributed by atoms with Gasteiger partial charge < -0.3 is 10.2 Å². The SMILES string of the molecule is CCn1ccc(-c2cc(NC(C)C(=O)N3CCCCC3)nc(C)n2)n1. The van der Waals surface area contributed by atoms with Gasteiger partial charge in [0.1, 0.15) is 23.4 Å². The molecule has 1 unspecified atom stereocenters. The van der Waals surface area contributed by atoms with Crippen LogP contribution in [0.1, 0.15) is 38.9 Å². The van der Waals surface area contributed by atoms with Gasteiger partial charge in [-0.2, -0.15) is 5.10 Å². The van der Waals surface area contributed by atoms with E-state index in [9.17, 15) is 4.79 Å². The number of aryl methyl sites for hydroxylation is 2. The van der Waals surface area contributed by atoms with Crippen LogP contribution in [-0.2, 0) is 11.3 Å². The molecule has 1 aliphatic rings. The Labute approximate surface area is 148 Å². The number of piperidine rings is 1. The van der Waals surface area contributed by atoms with Crippen molar-refractivity contribution in [3.63, 3.8) is 0 Å². The van der Waals surface area contributed by atoms with Crippen LogP contribution in [0.5, 0.6) is 0 Å². The molecule has 25 heavy (non-hydrogen) atoms. The number of amides is 1. The lowest BCUT2D eigenvalue weighted by molar-refractivity contribution is -0.132. The highest BCUT2D eigenvalue weighted by molar-refractivity contribution is 5.84. The lowest BCUT2D eigenvalue weighted by atomic mass is 10.1. The number of carbonyl (C=O) groups is 1. The molecule has 3 heterocycles. The van der Waals surface area contributed by atoms with Crippen molar-refractivity contribution in [1.29, 1.82) is 0 Å². The topological polar surface area (TPSA) is 75.9 Å². The summed E-state index contributed by atoms with van der Waals surface area (Å²) in [5, 5.41) is 7.73. The van der Waals surface area contributed by atoms with Crippen molar-refractivity contribution in [3.05, 3.63) is 24.2 Å². The fourth-order valence-electron chi connectivity index (χ4n) is 3.12. The lowest BCUT2D eigenvalue weighted by Gasteiger charge is -2.29. The largest absolute Gasteiger partial charge is 0.358 e. The van der Waals surface area contributed by atoms with E-state index in [0.717, 1.165) is 43.9 Å². The first-order valence-electron chi connectivity index (χ1n) is 9.01. The molecular formula is C18H26N6O. The third-order valence-electron chi connectivity index (χ3n) is 4.47. The quantitative estimate of drug-likeness (QED) is 0.903. The Kier molecular flexibility index (Phi) is 5.31. The number of anilines is 1. The van der Waals surface area contributed by atoms with Crippen LogP contribution >= 0.6 is 0 Å². The number of likely N-dealkylation sites (tertiary alicyclic amines) is 1. The summed E-state index contributed by atoms with van der Waals surface area (Å²) in [4.78, 5) is 23.4. The summed E-state index contributed by atoms with van der Waals surface area (Å²) in [5.41, 5.74) is 1.57. The Morgan fingerprint density at radius 2 is 2.00 bits per heavy atom. The molecule has 3 rings (SSSR count). The Morgan fingerprint density at radius 3 is 2.68 bits per heavy atom. The highest BCUT2D eigenvalue weighted by atomic mass is 16.2. The second-order valence-corrected chi connectivity index (χ2v) is 6.49. The molecule has 7 nitrogen and oxygen atoms in total. The molecule has 7 heteroatoms. The second-order valence-electron chi connectivity index (χ2n) is 6.49. The van der Waals surface area contributed by atoms with Crippen LogP contribution in [0.15, 0.2) is 18.3 Å². The molecule has 2 aromatic rings. The van der Waals surface area contributed by atoms with Crippen molar-refractivity contribution >= 4 is 11.7 Å². The summed E-state index contributed by atoms with van der Waals surface area (Å²) in [6.45, 7) is 8.31. The Hall–Kier alpha value is -2.44. The zero-order valence-corrected chi connectivity index (χ0v) is 15.2. The van der Waals surface area contributed by atoms with Crippen molar-refractivity contribution in [2.24, 2.45) is 0 Å². The van der Waals surface area contributed by atoms with Gasteiger partial charge in [0.25, 0.3) is 0 Å². The lowest BCUT2D eigenvalue weighted by Crippen LogP contribution is -2.44. The first-order valence-corrected chi connectivity index (χ1v) is 9.01. The van der Waals surface area contributed by atoms with Crippen LogP contribution in [0, 0.1) is 6.92 Å². The summed E-state index contributed by atoms with van der Waals surface area (Å²) in [7, 11) is 0. The summed E-state index contributed by atoms with van der Waals surface area (Å²) >= 11 is 0. The molecule has 1 fully saturated rings. The van der Waals surface area contributed by atoms with Crippen molar-refractivity contribution in [1.82, 2.24) is 24.6 Å². The standard InChI is InChI=1S/C18H26N6O/c1-4-24-11-8-15(22-24)16-12-17(21-14(3)20-16)19-13(2)18(25)23-9-6-5-7-10-23/h8,11-13H,4-7,9-10H2,1-3H3,(H,19,20,21). The molecule has 0 aliphatic carbocycles. The monoisotopic (exact) mass is 342 g/mol. The molecule has 1 saturated heterocycles. The Morgan fingerprint density at radius 1 is 1.24 bits per heavy atom. The van der Waals surface area contributed by atoms with E-state index in [1.165, 1.54) is 6.42 Å². The van der Waals surface area contributed by atoms with Gasteiger partial charge in [-0.1, -0.05) is 0 Å². The number of rotatable bonds is 5. The fraction of sp³-hybridized carbons (Fsp3) is 0.556. The van der Waals surface area contributed by atoms with Crippen molar-refractivity contribution in [3.8, 4) is 11.4 Å². The molecule has 0 saturated carbocycles. The van der Waals surface area contributed by atoms with E-state index in [-0.39, 0.29) is 11.9 Å². The molecule has 2 aromatic heterocycles. The minimum absolute atomic E-state index is 0.132. The van der Waals surface area contributed by atoms with Crippen LogP contribution < -0.4 is 5.32 Å². The molecule has 1 aliphatic heterocycles. The predicted molar refractivity (Wildman–Crippen MR) is 97.2 cm³/mol. The van der Waals surface area contributed by atoms with Crippen molar-refractivity contribution in [2.75, 3.05) is 18.4 Å². The maximum Gasteiger partial charge on any atom is 0.244 e. The molecule has 0 spiro atoms. The van der Waals surface area contributed by atoms with E-state index < -0.39 is 0 Å². The Bertz CT molecular complexity index is 735. The van der Waals surface area contributed by atoms with Gasteiger partial charge in [0, 0.05) is 31.9 Å². The number of carbonyl (C=O) groups excluding carboxylic acids is 1. The number of nitrogens with one attached hydrogen (secondary N) is 1. The van der Waals surface area contributed by atoms with Crippen LogP contribution in [0.25, 0.3) is 11.4 Å². The van der Waals surface area contributed by atoms with Gasteiger partial charge in [0.05, 0.1) is 5.69 Å². The fourth-order valence-corrected chi connectivity index (χ4v) is 3.12. The smallest absolute Gasteiger partial charge is 0.244 e. The average Bonchev–Trinajstić information content (AvgIpc) is 3.10. The zero-order chi connectivity index (χ0) is 17.8. The summed E-state index contributed by atoms with van der Waals surface area (Å²) < 4.78 is 1.86. The number of hydrogen-bond acceptors (Lipinski definition) is 5. The van der Waals surface area contributed by atoms with Gasteiger partial charge in [-0.05, 0) is 46.1 Å². The molecular weight excluding hydrogens is 316 g/mol.